The Morgan fingerprint density at radius 3 is 2.76 bits per heavy atom. The molecule has 1 aromatic heterocycles. The molecule has 0 atom stereocenters. The lowest BCUT2D eigenvalue weighted by Crippen LogP contribution is -2.34. The van der Waals surface area contributed by atoms with Gasteiger partial charge in [0.2, 0.25) is 5.43 Å². The zero-order chi connectivity index (χ0) is 15.6. The Labute approximate surface area is 121 Å². The Morgan fingerprint density at radius 1 is 1.43 bits per heavy atom. The van der Waals surface area contributed by atoms with Crippen molar-refractivity contribution in [1.29, 1.82) is 0 Å². The monoisotopic (exact) mass is 291 g/mol. The summed E-state index contributed by atoms with van der Waals surface area (Å²) in [5, 5.41) is 6.93. The Bertz CT molecular complexity index is 738. The van der Waals surface area contributed by atoms with E-state index in [1.165, 1.54) is 16.8 Å². The number of hydrogen-bond acceptors (Lipinski definition) is 3. The predicted molar refractivity (Wildman–Crippen MR) is 78.8 cm³/mol. The molecule has 0 bridgehead atoms. The van der Waals surface area contributed by atoms with Gasteiger partial charge in [0.25, 0.3) is 5.91 Å². The highest BCUT2D eigenvalue weighted by Gasteiger charge is 2.17. The molecule has 0 fully saturated rings. The highest BCUT2D eigenvalue weighted by molar-refractivity contribution is 5.95. The minimum Gasteiger partial charge on any atom is -0.350 e. The van der Waals surface area contributed by atoms with E-state index in [1.54, 1.807) is 0 Å². The second-order valence-electron chi connectivity index (χ2n) is 5.26. The van der Waals surface area contributed by atoms with E-state index < -0.39 is 17.2 Å². The van der Waals surface area contributed by atoms with Crippen LogP contribution in [0.1, 0.15) is 31.3 Å². The molecule has 1 aromatic carbocycles. The molecule has 112 valence electrons. The maximum atomic E-state index is 13.4. The summed E-state index contributed by atoms with van der Waals surface area (Å²) in [4.78, 5) is 24.4. The molecule has 5 nitrogen and oxygen atoms in total. The van der Waals surface area contributed by atoms with E-state index in [9.17, 15) is 14.0 Å². The van der Waals surface area contributed by atoms with Crippen LogP contribution in [-0.2, 0) is 6.54 Å². The third-order valence-corrected chi connectivity index (χ3v) is 3.10. The van der Waals surface area contributed by atoms with E-state index in [2.05, 4.69) is 10.4 Å². The van der Waals surface area contributed by atoms with Crippen molar-refractivity contribution in [1.82, 2.24) is 15.1 Å². The quantitative estimate of drug-likeness (QED) is 0.936. The van der Waals surface area contributed by atoms with Crippen LogP contribution in [0.25, 0.3) is 10.9 Å². The van der Waals surface area contributed by atoms with Gasteiger partial charge in [-0.25, -0.2) is 4.39 Å². The molecule has 0 radical (unpaired) electrons. The minimum absolute atomic E-state index is 0.168. The smallest absolute Gasteiger partial charge is 0.275 e. The Balaban J connectivity index is 2.57. The van der Waals surface area contributed by atoms with Crippen LogP contribution in [0.5, 0.6) is 0 Å². The lowest BCUT2D eigenvalue weighted by molar-refractivity contribution is 0.0941. The van der Waals surface area contributed by atoms with Gasteiger partial charge in [0, 0.05) is 13.1 Å². The second-order valence-corrected chi connectivity index (χ2v) is 5.26. The molecule has 1 amide bonds. The van der Waals surface area contributed by atoms with Crippen LogP contribution in [0.4, 0.5) is 4.39 Å². The number of benzene rings is 1. The van der Waals surface area contributed by atoms with E-state index in [4.69, 9.17) is 0 Å². The topological polar surface area (TPSA) is 64.0 Å². The number of rotatable bonds is 4. The summed E-state index contributed by atoms with van der Waals surface area (Å²) < 4.78 is 14.9. The molecule has 1 N–H and O–H groups in total. The van der Waals surface area contributed by atoms with E-state index in [0.717, 1.165) is 6.07 Å². The maximum absolute atomic E-state index is 13.4. The van der Waals surface area contributed by atoms with E-state index in [1.807, 2.05) is 20.8 Å². The van der Waals surface area contributed by atoms with Crippen molar-refractivity contribution < 1.29 is 9.18 Å². The molecule has 21 heavy (non-hydrogen) atoms. The van der Waals surface area contributed by atoms with Gasteiger partial charge in [0.15, 0.2) is 5.69 Å². The Morgan fingerprint density at radius 2 is 2.14 bits per heavy atom. The van der Waals surface area contributed by atoms with Gasteiger partial charge in [-0.2, -0.15) is 5.10 Å². The molecule has 0 saturated carbocycles. The number of aromatic nitrogens is 2. The summed E-state index contributed by atoms with van der Waals surface area (Å²) in [6, 6.07) is 3.91. The summed E-state index contributed by atoms with van der Waals surface area (Å²) in [6.07, 6.45) is 0. The summed E-state index contributed by atoms with van der Waals surface area (Å²) in [5.74, 6) is -0.774. The molecular weight excluding hydrogens is 273 g/mol. The van der Waals surface area contributed by atoms with Gasteiger partial charge in [-0.15, -0.1) is 0 Å². The van der Waals surface area contributed by atoms with Crippen LogP contribution in [0, 0.1) is 11.7 Å². The zero-order valence-electron chi connectivity index (χ0n) is 12.3. The highest BCUT2D eigenvalue weighted by atomic mass is 19.1. The third-order valence-electron chi connectivity index (χ3n) is 3.10. The number of carbonyl (C=O) groups is 1. The number of fused-ring (bicyclic) bond motifs is 1. The normalized spacial score (nSPS) is 11.1. The van der Waals surface area contributed by atoms with Crippen LogP contribution < -0.4 is 10.7 Å². The van der Waals surface area contributed by atoms with Gasteiger partial charge in [0.1, 0.15) is 5.82 Å². The molecule has 0 spiro atoms. The average molecular weight is 291 g/mol. The molecule has 0 aliphatic heterocycles. The van der Waals surface area contributed by atoms with E-state index >= 15 is 0 Å². The first-order chi connectivity index (χ1) is 9.93. The number of hydrogen-bond donors (Lipinski definition) is 1. The van der Waals surface area contributed by atoms with Crippen LogP contribution in [0.15, 0.2) is 23.0 Å². The Hall–Kier alpha value is -2.24. The van der Waals surface area contributed by atoms with Gasteiger partial charge in [-0.05, 0) is 31.0 Å². The number of halogens is 1. The first kappa shape index (κ1) is 15.2. The van der Waals surface area contributed by atoms with Crippen molar-refractivity contribution in [3.8, 4) is 0 Å². The molecule has 0 saturated heterocycles. The number of carbonyl (C=O) groups excluding carboxylic acids is 1. The fourth-order valence-electron chi connectivity index (χ4n) is 2.03. The van der Waals surface area contributed by atoms with Crippen molar-refractivity contribution in [3.63, 3.8) is 0 Å². The SMILES string of the molecule is CCn1nc(C(=O)NCC(C)C)c(=O)c2cc(F)ccc21. The van der Waals surface area contributed by atoms with Gasteiger partial charge in [-0.1, -0.05) is 13.8 Å². The van der Waals surface area contributed by atoms with Crippen molar-refractivity contribution >= 4 is 16.8 Å². The molecule has 2 rings (SSSR count). The molecule has 6 heteroatoms. The summed E-state index contributed by atoms with van der Waals surface area (Å²) in [5.41, 5.74) is -0.227. The fraction of sp³-hybridized carbons (Fsp3) is 0.400. The van der Waals surface area contributed by atoms with Crippen molar-refractivity contribution in [2.45, 2.75) is 27.3 Å². The summed E-state index contributed by atoms with van der Waals surface area (Å²) >= 11 is 0. The maximum Gasteiger partial charge on any atom is 0.275 e. The summed E-state index contributed by atoms with van der Waals surface area (Å²) in [7, 11) is 0. The number of amides is 1. The first-order valence-corrected chi connectivity index (χ1v) is 6.92. The van der Waals surface area contributed by atoms with Gasteiger partial charge < -0.3 is 5.32 Å². The first-order valence-electron chi connectivity index (χ1n) is 6.92. The highest BCUT2D eigenvalue weighted by Crippen LogP contribution is 2.12. The molecule has 0 aliphatic rings. The number of nitrogens with zero attached hydrogens (tertiary/aromatic N) is 2. The number of aryl methyl sites for hydroxylation is 1. The largest absolute Gasteiger partial charge is 0.350 e. The van der Waals surface area contributed by atoms with Crippen molar-refractivity contribution in [3.05, 3.63) is 39.9 Å². The lowest BCUT2D eigenvalue weighted by atomic mass is 10.1. The van der Waals surface area contributed by atoms with Gasteiger partial charge >= 0.3 is 0 Å². The lowest BCUT2D eigenvalue weighted by Gasteiger charge is -2.11. The average Bonchev–Trinajstić information content (AvgIpc) is 2.45. The molecular formula is C15H18FN3O2. The summed E-state index contributed by atoms with van der Waals surface area (Å²) in [6.45, 7) is 6.68. The number of nitrogens with one attached hydrogen (secondary N) is 1. The standard InChI is InChI=1S/C15H18FN3O2/c1-4-19-12-6-5-10(16)7-11(12)14(20)13(18-19)15(21)17-8-9(2)3/h5-7,9H,4,8H2,1-3H3,(H,17,21). The minimum atomic E-state index is -0.546. The van der Waals surface area contributed by atoms with Crippen LogP contribution >= 0.6 is 0 Å². The zero-order valence-corrected chi connectivity index (χ0v) is 12.3. The molecule has 0 unspecified atom stereocenters. The van der Waals surface area contributed by atoms with E-state index in [-0.39, 0.29) is 17.0 Å². The van der Waals surface area contributed by atoms with Crippen molar-refractivity contribution in [2.24, 2.45) is 5.92 Å². The molecule has 2 aromatic rings. The molecule has 0 aliphatic carbocycles. The third kappa shape index (κ3) is 3.09. The van der Waals surface area contributed by atoms with Gasteiger partial charge in [0.05, 0.1) is 10.9 Å². The van der Waals surface area contributed by atoms with Crippen LogP contribution in [-0.4, -0.2) is 22.2 Å². The second kappa shape index (κ2) is 6.03. The van der Waals surface area contributed by atoms with E-state index in [0.29, 0.717) is 18.6 Å². The van der Waals surface area contributed by atoms with Crippen LogP contribution in [0.3, 0.4) is 0 Å². The Kier molecular flexibility index (Phi) is 4.35. The fourth-order valence-corrected chi connectivity index (χ4v) is 2.03. The van der Waals surface area contributed by atoms with Crippen LogP contribution in [0.2, 0.25) is 0 Å². The predicted octanol–water partition coefficient (Wildman–Crippen LogP) is 1.94. The van der Waals surface area contributed by atoms with Gasteiger partial charge in [-0.3, -0.25) is 14.3 Å². The molecule has 1 heterocycles. The van der Waals surface area contributed by atoms with Crippen molar-refractivity contribution in [2.75, 3.05) is 6.54 Å².